The van der Waals surface area contributed by atoms with E-state index in [-0.39, 0.29) is 5.91 Å². The van der Waals surface area contributed by atoms with Gasteiger partial charge in [-0.25, -0.2) is 4.79 Å². The van der Waals surface area contributed by atoms with Crippen molar-refractivity contribution in [2.75, 3.05) is 11.9 Å². The van der Waals surface area contributed by atoms with Gasteiger partial charge in [-0.1, -0.05) is 26.0 Å². The first-order chi connectivity index (χ1) is 11.9. The van der Waals surface area contributed by atoms with Crippen LogP contribution in [-0.4, -0.2) is 34.3 Å². The summed E-state index contributed by atoms with van der Waals surface area (Å²) in [6.07, 6.45) is 3.63. The van der Waals surface area contributed by atoms with Crippen molar-refractivity contribution in [2.24, 2.45) is 5.92 Å². The van der Waals surface area contributed by atoms with Crippen LogP contribution in [0.25, 0.3) is 0 Å². The molecule has 0 aliphatic heterocycles. The van der Waals surface area contributed by atoms with E-state index in [1.165, 1.54) is 0 Å². The molecule has 0 bridgehead atoms. The molecule has 3 N–H and O–H groups in total. The Hall–Kier alpha value is -2.83. The van der Waals surface area contributed by atoms with Crippen LogP contribution >= 0.6 is 0 Å². The second-order valence-electron chi connectivity index (χ2n) is 6.36. The Labute approximate surface area is 147 Å². The monoisotopic (exact) mass is 343 g/mol. The summed E-state index contributed by atoms with van der Waals surface area (Å²) in [5, 5.41) is 12.3. The van der Waals surface area contributed by atoms with Crippen molar-refractivity contribution in [3.63, 3.8) is 0 Å². The normalized spacial score (nSPS) is 11.8. The molecule has 0 saturated carbocycles. The molecular weight excluding hydrogens is 318 g/mol. The van der Waals surface area contributed by atoms with Crippen LogP contribution in [-0.2, 0) is 11.3 Å². The number of benzene rings is 1. The Morgan fingerprint density at radius 3 is 2.68 bits per heavy atom. The highest BCUT2D eigenvalue weighted by Gasteiger charge is 2.15. The van der Waals surface area contributed by atoms with Gasteiger partial charge in [-0.15, -0.1) is 0 Å². The molecule has 1 aromatic heterocycles. The zero-order valence-electron chi connectivity index (χ0n) is 14.8. The number of anilines is 1. The van der Waals surface area contributed by atoms with E-state index in [1.54, 1.807) is 13.1 Å². The van der Waals surface area contributed by atoms with E-state index in [2.05, 4.69) is 21.0 Å². The maximum Gasteiger partial charge on any atom is 0.321 e. The molecule has 0 fully saturated rings. The van der Waals surface area contributed by atoms with E-state index < -0.39 is 12.1 Å². The largest absolute Gasteiger partial charge is 0.374 e. The molecule has 2 aromatic rings. The fraction of sp³-hybridized carbons (Fsp3) is 0.389. The van der Waals surface area contributed by atoms with Crippen molar-refractivity contribution in [3.8, 4) is 0 Å². The Balaban J connectivity index is 1.88. The van der Waals surface area contributed by atoms with Gasteiger partial charge in [0.2, 0.25) is 5.91 Å². The summed E-state index contributed by atoms with van der Waals surface area (Å²) in [7, 11) is 0. The van der Waals surface area contributed by atoms with Gasteiger partial charge in [0.15, 0.2) is 0 Å². The highest BCUT2D eigenvalue weighted by atomic mass is 16.2. The molecule has 1 unspecified atom stereocenters. The lowest BCUT2D eigenvalue weighted by molar-refractivity contribution is -0.120. The molecule has 0 saturated heterocycles. The minimum absolute atomic E-state index is 0.328. The average Bonchev–Trinajstić information content (AvgIpc) is 3.06. The first-order valence-electron chi connectivity index (χ1n) is 8.35. The van der Waals surface area contributed by atoms with Gasteiger partial charge in [0.1, 0.15) is 6.04 Å². The number of carbonyl (C=O) groups is 2. The lowest BCUT2D eigenvalue weighted by atomic mass is 10.2. The third kappa shape index (κ3) is 6.29. The van der Waals surface area contributed by atoms with Crippen molar-refractivity contribution in [3.05, 3.63) is 48.3 Å². The van der Waals surface area contributed by atoms with Gasteiger partial charge in [0, 0.05) is 24.6 Å². The number of nitrogens with zero attached hydrogens (tertiary/aromatic N) is 2. The highest BCUT2D eigenvalue weighted by Crippen LogP contribution is 2.13. The lowest BCUT2D eigenvalue weighted by Gasteiger charge is -2.16. The standard InChI is InChI=1S/C18H25N5O2/c1-13(2)11-19-18(25)22-17(24)14(3)21-16-7-4-6-15(10-16)12-23-9-5-8-20-23/h4-10,13-14,21H,11-12H2,1-3H3,(H2,19,22,24,25). The Morgan fingerprint density at radius 1 is 1.20 bits per heavy atom. The predicted molar refractivity (Wildman–Crippen MR) is 97.2 cm³/mol. The number of imide groups is 1. The van der Waals surface area contributed by atoms with E-state index >= 15 is 0 Å². The number of hydrogen-bond acceptors (Lipinski definition) is 4. The molecule has 134 valence electrons. The van der Waals surface area contributed by atoms with Crippen LogP contribution < -0.4 is 16.0 Å². The molecule has 0 aliphatic carbocycles. The zero-order chi connectivity index (χ0) is 18.2. The molecule has 1 aromatic carbocycles. The van der Waals surface area contributed by atoms with Crippen LogP contribution in [0.4, 0.5) is 10.5 Å². The molecule has 1 atom stereocenters. The summed E-state index contributed by atoms with van der Waals surface area (Å²) in [5.74, 6) is -0.0485. The fourth-order valence-corrected chi connectivity index (χ4v) is 2.22. The van der Waals surface area contributed by atoms with Crippen LogP contribution in [0.1, 0.15) is 26.3 Å². The second kappa shape index (κ2) is 8.86. The van der Waals surface area contributed by atoms with Crippen molar-refractivity contribution < 1.29 is 9.59 Å². The summed E-state index contributed by atoms with van der Waals surface area (Å²) in [4.78, 5) is 23.8. The maximum absolute atomic E-state index is 12.1. The zero-order valence-corrected chi connectivity index (χ0v) is 14.8. The lowest BCUT2D eigenvalue weighted by Crippen LogP contribution is -2.46. The summed E-state index contributed by atoms with van der Waals surface area (Å²) in [6, 6.07) is 8.63. The van der Waals surface area contributed by atoms with Crippen molar-refractivity contribution in [1.82, 2.24) is 20.4 Å². The van der Waals surface area contributed by atoms with Crippen LogP contribution in [0.15, 0.2) is 42.7 Å². The molecule has 0 aliphatic rings. The van der Waals surface area contributed by atoms with Crippen LogP contribution in [0, 0.1) is 5.92 Å². The molecule has 7 nitrogen and oxygen atoms in total. The topological polar surface area (TPSA) is 88.0 Å². The van der Waals surface area contributed by atoms with Crippen LogP contribution in [0.2, 0.25) is 0 Å². The number of carbonyl (C=O) groups excluding carboxylic acids is 2. The van der Waals surface area contributed by atoms with Crippen LogP contribution in [0.3, 0.4) is 0 Å². The third-order valence-electron chi connectivity index (χ3n) is 3.51. The van der Waals surface area contributed by atoms with Gasteiger partial charge in [-0.2, -0.15) is 5.10 Å². The summed E-state index contributed by atoms with van der Waals surface area (Å²) in [5.41, 5.74) is 1.88. The maximum atomic E-state index is 12.1. The van der Waals surface area contributed by atoms with Gasteiger partial charge in [0.25, 0.3) is 0 Å². The SMILES string of the molecule is CC(C)CNC(=O)NC(=O)C(C)Nc1cccc(Cn2cccn2)c1. The quantitative estimate of drug-likeness (QED) is 0.719. The molecule has 3 amide bonds. The summed E-state index contributed by atoms with van der Waals surface area (Å²) < 4.78 is 1.83. The van der Waals surface area contributed by atoms with E-state index in [9.17, 15) is 9.59 Å². The van der Waals surface area contributed by atoms with Gasteiger partial charge in [-0.3, -0.25) is 14.8 Å². The molecule has 0 spiro atoms. The molecular formula is C18H25N5O2. The Kier molecular flexibility index (Phi) is 6.56. The molecule has 0 radical (unpaired) electrons. The van der Waals surface area contributed by atoms with Gasteiger partial charge in [0.05, 0.1) is 6.54 Å². The van der Waals surface area contributed by atoms with E-state index in [1.807, 2.05) is 55.1 Å². The van der Waals surface area contributed by atoms with E-state index in [0.29, 0.717) is 19.0 Å². The Morgan fingerprint density at radius 2 is 2.00 bits per heavy atom. The van der Waals surface area contributed by atoms with Gasteiger partial charge < -0.3 is 10.6 Å². The number of nitrogens with one attached hydrogen (secondary N) is 3. The predicted octanol–water partition coefficient (Wildman–Crippen LogP) is 2.21. The average molecular weight is 343 g/mol. The van der Waals surface area contributed by atoms with E-state index in [0.717, 1.165) is 11.3 Å². The number of urea groups is 1. The highest BCUT2D eigenvalue weighted by molar-refractivity contribution is 5.97. The fourth-order valence-electron chi connectivity index (χ4n) is 2.22. The van der Waals surface area contributed by atoms with Gasteiger partial charge >= 0.3 is 6.03 Å². The number of amides is 3. The van der Waals surface area contributed by atoms with E-state index in [4.69, 9.17) is 0 Å². The minimum atomic E-state index is -0.537. The molecule has 2 rings (SSSR count). The van der Waals surface area contributed by atoms with Crippen LogP contribution in [0.5, 0.6) is 0 Å². The summed E-state index contributed by atoms with van der Waals surface area (Å²) in [6.45, 7) is 6.87. The smallest absolute Gasteiger partial charge is 0.321 e. The molecule has 25 heavy (non-hydrogen) atoms. The third-order valence-corrected chi connectivity index (χ3v) is 3.51. The molecule has 1 heterocycles. The van der Waals surface area contributed by atoms with Gasteiger partial charge in [-0.05, 0) is 36.6 Å². The van der Waals surface area contributed by atoms with Crippen molar-refractivity contribution >= 4 is 17.6 Å². The van der Waals surface area contributed by atoms with Crippen molar-refractivity contribution in [2.45, 2.75) is 33.4 Å². The number of rotatable bonds is 7. The first kappa shape index (κ1) is 18.5. The Bertz CT molecular complexity index is 697. The summed E-state index contributed by atoms with van der Waals surface area (Å²) >= 11 is 0. The number of aromatic nitrogens is 2. The number of hydrogen-bond donors (Lipinski definition) is 3. The van der Waals surface area contributed by atoms with Crippen molar-refractivity contribution in [1.29, 1.82) is 0 Å². The molecule has 7 heteroatoms. The second-order valence-corrected chi connectivity index (χ2v) is 6.36. The minimum Gasteiger partial charge on any atom is -0.374 e. The first-order valence-corrected chi connectivity index (χ1v) is 8.35.